The Balaban J connectivity index is 3.89. The topological polar surface area (TPSA) is 108 Å². The van der Waals surface area contributed by atoms with Gasteiger partial charge in [-0.05, 0) is 51.4 Å². The van der Waals surface area contributed by atoms with Crippen LogP contribution in [0.2, 0.25) is 0 Å². The monoisotopic (exact) mass is 1320 g/mol. The number of carbonyl (C=O) groups excluding carboxylic acids is 2. The van der Waals surface area contributed by atoms with Gasteiger partial charge in [0, 0.05) is 12.8 Å². The van der Waals surface area contributed by atoms with E-state index in [1.165, 1.54) is 347 Å². The molecule has 2 atom stereocenters. The number of rotatable bonds is 77. The Labute approximate surface area is 573 Å². The number of hydrogen-bond acceptors (Lipinski definition) is 7. The molecule has 0 aliphatic carbocycles. The second-order valence-electron chi connectivity index (χ2n) is 29.2. The maximum absolute atomic E-state index is 12.9. The molecule has 0 heterocycles. The van der Waals surface area contributed by atoms with Gasteiger partial charge in [-0.2, -0.15) is 0 Å². The summed E-state index contributed by atoms with van der Waals surface area (Å²) in [5.74, 6) is -0.769. The van der Waals surface area contributed by atoms with Crippen LogP contribution in [0.15, 0.2) is 36.5 Å². The molecule has 0 aromatic heterocycles. The number of carbonyl (C=O) groups is 2. The number of unbranched alkanes of at least 4 members (excludes halogenated alkanes) is 57. The lowest BCUT2D eigenvalue weighted by Gasteiger charge is -2.24. The summed E-state index contributed by atoms with van der Waals surface area (Å²) in [5, 5.41) is 0. The second-order valence-corrected chi connectivity index (χ2v) is 30.6. The number of quaternary nitrogens is 1. The van der Waals surface area contributed by atoms with E-state index in [4.69, 9.17) is 18.5 Å². The lowest BCUT2D eigenvalue weighted by molar-refractivity contribution is -0.870. The van der Waals surface area contributed by atoms with Crippen LogP contribution >= 0.6 is 7.82 Å². The number of nitrogens with zero attached hydrogens (tertiary/aromatic N) is 1. The van der Waals surface area contributed by atoms with Crippen molar-refractivity contribution in [3.05, 3.63) is 36.5 Å². The first-order valence-electron chi connectivity index (χ1n) is 40.7. The maximum Gasteiger partial charge on any atom is 0.472 e. The van der Waals surface area contributed by atoms with Gasteiger partial charge < -0.3 is 18.9 Å². The summed E-state index contributed by atoms with van der Waals surface area (Å²) >= 11 is 0. The van der Waals surface area contributed by atoms with Crippen LogP contribution in [0, 0.1) is 0 Å². The summed E-state index contributed by atoms with van der Waals surface area (Å²) in [7, 11) is 1.50. The van der Waals surface area contributed by atoms with Crippen LogP contribution in [0.25, 0.3) is 0 Å². The maximum atomic E-state index is 12.9. The average Bonchev–Trinajstić information content (AvgIpc) is 2.14. The first kappa shape index (κ1) is 90.2. The van der Waals surface area contributed by atoms with Crippen molar-refractivity contribution in [3.63, 3.8) is 0 Å². The third-order valence-electron chi connectivity index (χ3n) is 18.7. The molecular formula is C82H159NO8P+. The highest BCUT2D eigenvalue weighted by molar-refractivity contribution is 7.47. The number of ether oxygens (including phenoxy) is 2. The molecule has 9 nitrogen and oxygen atoms in total. The molecule has 10 heteroatoms. The van der Waals surface area contributed by atoms with Crippen LogP contribution in [0.3, 0.4) is 0 Å². The molecule has 0 fully saturated rings. The van der Waals surface area contributed by atoms with E-state index in [9.17, 15) is 19.0 Å². The Morgan fingerprint density at radius 3 is 0.870 bits per heavy atom. The third kappa shape index (κ3) is 77.2. The molecule has 0 aliphatic rings. The first-order valence-corrected chi connectivity index (χ1v) is 42.2. The van der Waals surface area contributed by atoms with E-state index in [2.05, 4.69) is 50.3 Å². The number of allylic oxidation sites excluding steroid dienone is 6. The lowest BCUT2D eigenvalue weighted by atomic mass is 10.0. The normalized spacial score (nSPS) is 13.2. The number of phosphoric acid groups is 1. The van der Waals surface area contributed by atoms with E-state index < -0.39 is 26.5 Å². The zero-order valence-electron chi connectivity index (χ0n) is 62.3. The minimum absolute atomic E-state index is 0.0358. The fourth-order valence-corrected chi connectivity index (χ4v) is 13.2. The highest BCUT2D eigenvalue weighted by Crippen LogP contribution is 2.43. The molecule has 1 N–H and O–H groups in total. The Kier molecular flexibility index (Phi) is 72.1. The predicted octanol–water partition coefficient (Wildman–Crippen LogP) is 27.0. The minimum Gasteiger partial charge on any atom is -0.462 e. The molecule has 0 bridgehead atoms. The van der Waals surface area contributed by atoms with E-state index in [-0.39, 0.29) is 25.6 Å². The van der Waals surface area contributed by atoms with Crippen LogP contribution < -0.4 is 0 Å². The first-order chi connectivity index (χ1) is 45.0. The number of likely N-dealkylation sites (N-methyl/N-ethyl adjacent to an activating group) is 1. The van der Waals surface area contributed by atoms with Gasteiger partial charge in [0.05, 0.1) is 27.7 Å². The Morgan fingerprint density at radius 1 is 0.337 bits per heavy atom. The number of esters is 2. The van der Waals surface area contributed by atoms with E-state index in [0.717, 1.165) is 44.9 Å². The fraction of sp³-hybridized carbons (Fsp3) is 0.902. The van der Waals surface area contributed by atoms with Crippen molar-refractivity contribution in [2.45, 2.75) is 431 Å². The van der Waals surface area contributed by atoms with Crippen LogP contribution in [0.5, 0.6) is 0 Å². The predicted molar refractivity (Wildman–Crippen MR) is 400 cm³/mol. The van der Waals surface area contributed by atoms with E-state index in [0.29, 0.717) is 23.9 Å². The van der Waals surface area contributed by atoms with Crippen LogP contribution in [0.4, 0.5) is 0 Å². The number of hydrogen-bond donors (Lipinski definition) is 1. The van der Waals surface area contributed by atoms with Crippen molar-refractivity contribution in [3.8, 4) is 0 Å². The fourth-order valence-electron chi connectivity index (χ4n) is 12.4. The van der Waals surface area contributed by atoms with Crippen LogP contribution in [-0.2, 0) is 32.7 Å². The van der Waals surface area contributed by atoms with Crippen molar-refractivity contribution < 1.29 is 42.1 Å². The van der Waals surface area contributed by atoms with Crippen LogP contribution in [0.1, 0.15) is 425 Å². The number of phosphoric ester groups is 1. The smallest absolute Gasteiger partial charge is 0.462 e. The molecular weight excluding hydrogens is 1160 g/mol. The standard InChI is InChI=1S/C82H158NO8P/c1-6-8-10-12-14-16-18-20-22-24-26-28-30-32-34-36-37-38-39-40-41-42-43-44-45-47-49-51-53-55-57-59-61-63-65-67-69-71-73-75-82(85)91-80(79-90-92(86,87)89-77-76-83(3,4)5)78-88-81(84)74-72-70-68-66-64-62-60-58-56-54-52-50-48-46-35-33-31-29-27-25-23-21-19-17-15-13-11-9-7-2/h18,20,24,26,30,32,80H,6-17,19,21-23,25,27-29,31,33-79H2,1-5H3/p+1/b20-18-,26-24-,32-30-. The third-order valence-corrected chi connectivity index (χ3v) is 19.7. The van der Waals surface area contributed by atoms with Gasteiger partial charge in [0.25, 0.3) is 0 Å². The zero-order chi connectivity index (χ0) is 66.9. The summed E-state index contributed by atoms with van der Waals surface area (Å²) in [6, 6.07) is 0. The van der Waals surface area contributed by atoms with Crippen molar-refractivity contribution >= 4 is 19.8 Å². The Hall–Kier alpha value is -1.77. The van der Waals surface area contributed by atoms with Crippen molar-refractivity contribution in [2.75, 3.05) is 47.5 Å². The summed E-state index contributed by atoms with van der Waals surface area (Å²) in [5.41, 5.74) is 0. The largest absolute Gasteiger partial charge is 0.472 e. The van der Waals surface area contributed by atoms with Gasteiger partial charge >= 0.3 is 19.8 Å². The van der Waals surface area contributed by atoms with E-state index in [1.807, 2.05) is 21.1 Å². The molecule has 0 aromatic carbocycles. The minimum atomic E-state index is -4.39. The highest BCUT2D eigenvalue weighted by atomic mass is 31.2. The molecule has 0 rings (SSSR count). The van der Waals surface area contributed by atoms with Crippen molar-refractivity contribution in [2.24, 2.45) is 0 Å². The molecule has 0 saturated carbocycles. The summed E-state index contributed by atoms with van der Waals surface area (Å²) < 4.78 is 34.8. The van der Waals surface area contributed by atoms with Crippen molar-refractivity contribution in [1.29, 1.82) is 0 Å². The van der Waals surface area contributed by atoms with Gasteiger partial charge in [-0.25, -0.2) is 4.57 Å². The Bertz CT molecular complexity index is 1640. The van der Waals surface area contributed by atoms with Gasteiger partial charge in [0.2, 0.25) is 0 Å². The molecule has 0 aromatic rings. The molecule has 0 radical (unpaired) electrons. The molecule has 2 unspecified atom stereocenters. The van der Waals surface area contributed by atoms with E-state index >= 15 is 0 Å². The van der Waals surface area contributed by atoms with Gasteiger partial charge in [0.1, 0.15) is 19.8 Å². The summed E-state index contributed by atoms with van der Waals surface area (Å²) in [6.45, 7) is 4.51. The van der Waals surface area contributed by atoms with Gasteiger partial charge in [-0.3, -0.25) is 18.6 Å². The van der Waals surface area contributed by atoms with Crippen molar-refractivity contribution in [1.82, 2.24) is 0 Å². The summed E-state index contributed by atoms with van der Waals surface area (Å²) in [6.07, 6.45) is 95.9. The SMILES string of the molecule is CCCCCCC/C=C\C/C=C\C/C=C\CCCCCCCCCCCCCCCCCCCCCCCCCCC(=O)OC(COC(=O)CCCCCCCCCCCCCCCCCCCCCCCCCCCCCCC)COP(=O)(O)OCC[N+](C)(C)C. The van der Waals surface area contributed by atoms with Gasteiger partial charge in [-0.1, -0.05) is 397 Å². The van der Waals surface area contributed by atoms with Gasteiger partial charge in [0.15, 0.2) is 6.10 Å². The molecule has 0 aliphatic heterocycles. The molecule has 0 saturated heterocycles. The zero-order valence-corrected chi connectivity index (χ0v) is 63.2. The average molecular weight is 1320 g/mol. The van der Waals surface area contributed by atoms with E-state index in [1.54, 1.807) is 0 Å². The molecule has 0 amide bonds. The molecule has 92 heavy (non-hydrogen) atoms. The summed E-state index contributed by atoms with van der Waals surface area (Å²) in [4.78, 5) is 36.0. The quantitative estimate of drug-likeness (QED) is 0.0211. The molecule has 0 spiro atoms. The second kappa shape index (κ2) is 73.5. The highest BCUT2D eigenvalue weighted by Gasteiger charge is 2.27. The van der Waals surface area contributed by atoms with Gasteiger partial charge in [-0.15, -0.1) is 0 Å². The Morgan fingerprint density at radius 2 is 0.587 bits per heavy atom. The van der Waals surface area contributed by atoms with Crippen LogP contribution in [-0.4, -0.2) is 74.9 Å². The lowest BCUT2D eigenvalue weighted by Crippen LogP contribution is -2.37. The molecule has 544 valence electrons.